The van der Waals surface area contributed by atoms with Crippen molar-refractivity contribution in [3.63, 3.8) is 0 Å². The van der Waals surface area contributed by atoms with Crippen LogP contribution < -0.4 is 11.1 Å². The minimum absolute atomic E-state index is 0.229. The summed E-state index contributed by atoms with van der Waals surface area (Å²) in [6.07, 6.45) is 3.23. The SMILES string of the molecule is Cc1cncc(C(=O)Nc2c(N)cc(C)cc2Br)c1. The number of hydrogen-bond acceptors (Lipinski definition) is 3. The molecule has 4 nitrogen and oxygen atoms in total. The number of amides is 1. The van der Waals surface area contributed by atoms with E-state index in [-0.39, 0.29) is 5.91 Å². The molecule has 0 unspecified atom stereocenters. The lowest BCUT2D eigenvalue weighted by Gasteiger charge is -2.11. The fraction of sp³-hybridized carbons (Fsp3) is 0.143. The Bertz CT molecular complexity index is 617. The van der Waals surface area contributed by atoms with Gasteiger partial charge in [-0.1, -0.05) is 0 Å². The number of nitrogens with two attached hydrogens (primary N) is 1. The Kier molecular flexibility index (Phi) is 3.85. The molecule has 0 aliphatic rings. The van der Waals surface area contributed by atoms with E-state index in [1.165, 1.54) is 6.20 Å². The average Bonchev–Trinajstić information content (AvgIpc) is 2.33. The molecular weight excluding hydrogens is 306 g/mol. The van der Waals surface area contributed by atoms with E-state index in [4.69, 9.17) is 5.73 Å². The molecule has 3 N–H and O–H groups in total. The maximum absolute atomic E-state index is 12.1. The number of rotatable bonds is 2. The van der Waals surface area contributed by atoms with Gasteiger partial charge in [-0.15, -0.1) is 0 Å². The number of nitrogen functional groups attached to an aromatic ring is 1. The van der Waals surface area contributed by atoms with Crippen LogP contribution in [0.5, 0.6) is 0 Å². The highest BCUT2D eigenvalue weighted by molar-refractivity contribution is 9.10. The Morgan fingerprint density at radius 3 is 2.58 bits per heavy atom. The van der Waals surface area contributed by atoms with Gasteiger partial charge in [0.15, 0.2) is 0 Å². The van der Waals surface area contributed by atoms with Crippen molar-refractivity contribution >= 4 is 33.2 Å². The highest BCUT2D eigenvalue weighted by atomic mass is 79.9. The van der Waals surface area contributed by atoms with Crippen LogP contribution >= 0.6 is 15.9 Å². The molecule has 1 amide bonds. The van der Waals surface area contributed by atoms with Crippen LogP contribution in [0.3, 0.4) is 0 Å². The molecular formula is C14H14BrN3O. The van der Waals surface area contributed by atoms with Crippen LogP contribution in [0.2, 0.25) is 0 Å². The maximum Gasteiger partial charge on any atom is 0.257 e. The lowest BCUT2D eigenvalue weighted by atomic mass is 10.1. The predicted octanol–water partition coefficient (Wildman–Crippen LogP) is 3.30. The number of anilines is 2. The van der Waals surface area contributed by atoms with Crippen molar-refractivity contribution in [1.82, 2.24) is 4.98 Å². The summed E-state index contributed by atoms with van der Waals surface area (Å²) < 4.78 is 0.763. The Morgan fingerprint density at radius 2 is 1.95 bits per heavy atom. The summed E-state index contributed by atoms with van der Waals surface area (Å²) in [5.41, 5.74) is 9.50. The summed E-state index contributed by atoms with van der Waals surface area (Å²) in [6.45, 7) is 3.83. The largest absolute Gasteiger partial charge is 0.397 e. The lowest BCUT2D eigenvalue weighted by Crippen LogP contribution is -2.14. The van der Waals surface area contributed by atoms with E-state index in [9.17, 15) is 4.79 Å². The van der Waals surface area contributed by atoms with Crippen molar-refractivity contribution in [3.8, 4) is 0 Å². The van der Waals surface area contributed by atoms with Gasteiger partial charge in [0.25, 0.3) is 5.91 Å². The fourth-order valence-electron chi connectivity index (χ4n) is 1.77. The number of pyridine rings is 1. The number of benzene rings is 1. The molecule has 0 aliphatic carbocycles. The molecule has 0 saturated heterocycles. The predicted molar refractivity (Wildman–Crippen MR) is 80.2 cm³/mol. The van der Waals surface area contributed by atoms with Crippen molar-refractivity contribution in [2.45, 2.75) is 13.8 Å². The summed E-state index contributed by atoms with van der Waals surface area (Å²) in [7, 11) is 0. The monoisotopic (exact) mass is 319 g/mol. The van der Waals surface area contributed by atoms with Crippen LogP contribution in [0.25, 0.3) is 0 Å². The average molecular weight is 320 g/mol. The van der Waals surface area contributed by atoms with E-state index in [1.54, 1.807) is 12.3 Å². The molecule has 0 fully saturated rings. The number of carbonyl (C=O) groups excluding carboxylic acids is 1. The minimum Gasteiger partial charge on any atom is -0.397 e. The highest BCUT2D eigenvalue weighted by Crippen LogP contribution is 2.30. The summed E-state index contributed by atoms with van der Waals surface area (Å²) in [5.74, 6) is -0.229. The van der Waals surface area contributed by atoms with Gasteiger partial charge in [-0.3, -0.25) is 9.78 Å². The summed E-state index contributed by atoms with van der Waals surface area (Å²) >= 11 is 3.40. The van der Waals surface area contributed by atoms with Crippen LogP contribution in [-0.4, -0.2) is 10.9 Å². The Hall–Kier alpha value is -1.88. The molecule has 1 heterocycles. The van der Waals surface area contributed by atoms with Crippen LogP contribution in [0.1, 0.15) is 21.5 Å². The van der Waals surface area contributed by atoms with Crippen molar-refractivity contribution in [3.05, 3.63) is 51.8 Å². The summed E-state index contributed by atoms with van der Waals surface area (Å²) in [5, 5.41) is 2.80. The van der Waals surface area contributed by atoms with Gasteiger partial charge in [-0.25, -0.2) is 0 Å². The molecule has 0 spiro atoms. The first-order valence-corrected chi connectivity index (χ1v) is 6.55. The topological polar surface area (TPSA) is 68.0 Å². The number of nitrogens with zero attached hydrogens (tertiary/aromatic N) is 1. The Morgan fingerprint density at radius 1 is 1.21 bits per heavy atom. The van der Waals surface area contributed by atoms with Crippen molar-refractivity contribution < 1.29 is 4.79 Å². The van der Waals surface area contributed by atoms with Crippen molar-refractivity contribution in [1.29, 1.82) is 0 Å². The van der Waals surface area contributed by atoms with Crippen LogP contribution in [0, 0.1) is 13.8 Å². The second-order valence-electron chi connectivity index (χ2n) is 4.42. The zero-order valence-electron chi connectivity index (χ0n) is 10.7. The van der Waals surface area contributed by atoms with Crippen LogP contribution in [0.4, 0.5) is 11.4 Å². The van der Waals surface area contributed by atoms with E-state index in [0.717, 1.165) is 15.6 Å². The van der Waals surface area contributed by atoms with E-state index >= 15 is 0 Å². The molecule has 1 aromatic carbocycles. The van der Waals surface area contributed by atoms with Gasteiger partial charge in [-0.2, -0.15) is 0 Å². The van der Waals surface area contributed by atoms with Gasteiger partial charge in [0.1, 0.15) is 0 Å². The second kappa shape index (κ2) is 5.40. The fourth-order valence-corrected chi connectivity index (χ4v) is 2.45. The summed E-state index contributed by atoms with van der Waals surface area (Å²) in [6, 6.07) is 5.50. The lowest BCUT2D eigenvalue weighted by molar-refractivity contribution is 0.102. The van der Waals surface area contributed by atoms with Crippen LogP contribution in [-0.2, 0) is 0 Å². The molecule has 0 saturated carbocycles. The van der Waals surface area contributed by atoms with Gasteiger partial charge >= 0.3 is 0 Å². The standard InChI is InChI=1S/C14H14BrN3O/c1-8-4-11(15)13(12(16)5-8)18-14(19)10-3-9(2)6-17-7-10/h3-7H,16H2,1-2H3,(H,18,19). The van der Waals surface area contributed by atoms with Gasteiger partial charge in [-0.05, 0) is 59.1 Å². The third kappa shape index (κ3) is 3.12. The first-order valence-electron chi connectivity index (χ1n) is 5.76. The molecule has 98 valence electrons. The number of aromatic nitrogens is 1. The highest BCUT2D eigenvalue weighted by Gasteiger charge is 2.11. The molecule has 0 radical (unpaired) electrons. The van der Waals surface area contributed by atoms with Gasteiger partial charge in [0, 0.05) is 16.9 Å². The van der Waals surface area contributed by atoms with Gasteiger partial charge < -0.3 is 11.1 Å². The molecule has 0 atom stereocenters. The van der Waals surface area contributed by atoms with E-state index < -0.39 is 0 Å². The third-order valence-electron chi connectivity index (χ3n) is 2.64. The quantitative estimate of drug-likeness (QED) is 0.834. The van der Waals surface area contributed by atoms with Crippen molar-refractivity contribution in [2.24, 2.45) is 0 Å². The number of aryl methyl sites for hydroxylation is 2. The molecule has 1 aromatic heterocycles. The van der Waals surface area contributed by atoms with E-state index in [0.29, 0.717) is 16.9 Å². The van der Waals surface area contributed by atoms with Gasteiger partial charge in [0.05, 0.1) is 16.9 Å². The minimum atomic E-state index is -0.229. The third-order valence-corrected chi connectivity index (χ3v) is 3.27. The summed E-state index contributed by atoms with van der Waals surface area (Å²) in [4.78, 5) is 16.1. The molecule has 2 aromatic rings. The normalized spacial score (nSPS) is 10.3. The Balaban J connectivity index is 2.29. The first-order chi connectivity index (χ1) is 8.97. The number of nitrogens with one attached hydrogen (secondary N) is 1. The molecule has 0 bridgehead atoms. The number of hydrogen-bond donors (Lipinski definition) is 2. The Labute approximate surface area is 120 Å². The number of carbonyl (C=O) groups is 1. The van der Waals surface area contributed by atoms with Gasteiger partial charge in [0.2, 0.25) is 0 Å². The zero-order chi connectivity index (χ0) is 14.0. The molecule has 19 heavy (non-hydrogen) atoms. The van der Waals surface area contributed by atoms with E-state index in [1.807, 2.05) is 26.0 Å². The van der Waals surface area contributed by atoms with Crippen molar-refractivity contribution in [2.75, 3.05) is 11.1 Å². The van der Waals surface area contributed by atoms with E-state index in [2.05, 4.69) is 26.2 Å². The smallest absolute Gasteiger partial charge is 0.257 e. The zero-order valence-corrected chi connectivity index (χ0v) is 12.3. The van der Waals surface area contributed by atoms with Crippen LogP contribution in [0.15, 0.2) is 35.1 Å². The molecule has 0 aliphatic heterocycles. The first kappa shape index (κ1) is 13.5. The number of halogens is 1. The second-order valence-corrected chi connectivity index (χ2v) is 5.27. The maximum atomic E-state index is 12.1. The molecule has 5 heteroatoms. The molecule has 2 rings (SSSR count).